The predicted octanol–water partition coefficient (Wildman–Crippen LogP) is 9.34. The second kappa shape index (κ2) is 14.5. The van der Waals surface area contributed by atoms with Gasteiger partial charge in [0, 0.05) is 12.2 Å². The first kappa shape index (κ1) is 29.8. The Labute approximate surface area is 241 Å². The molecule has 0 saturated heterocycles. The van der Waals surface area contributed by atoms with E-state index in [4.69, 9.17) is 4.74 Å². The van der Waals surface area contributed by atoms with Gasteiger partial charge in [0.1, 0.15) is 6.61 Å². The molecule has 3 heteroatoms. The summed E-state index contributed by atoms with van der Waals surface area (Å²) < 4.78 is 5.50. The highest BCUT2D eigenvalue weighted by molar-refractivity contribution is 5.87. The number of unbranched alkanes of at least 4 members (excludes halogenated alkanes) is 2. The number of rotatable bonds is 12. The fourth-order valence-corrected chi connectivity index (χ4v) is 6.16. The number of carbonyl (C=O) groups is 1. The van der Waals surface area contributed by atoms with E-state index in [9.17, 15) is 9.90 Å². The zero-order valence-corrected chi connectivity index (χ0v) is 24.7. The third kappa shape index (κ3) is 7.73. The molecule has 0 unspecified atom stereocenters. The van der Waals surface area contributed by atoms with E-state index in [0.717, 1.165) is 28.2 Å². The van der Waals surface area contributed by atoms with Gasteiger partial charge in [0.25, 0.3) is 0 Å². The standard InChI is InChI=1S/C37H46O3/c1-5-6-7-8-28-9-12-30(13-10-28)31-14-16-32(17-15-31)35-20-18-33(23-27(35)4)36-19-11-29(21-22-38)24-34(36)25-40-37(39)26(2)3/h11,14-20,23-24,28,30,38H,2,5-10,12-13,21-22,25H2,1,3-4H3. The van der Waals surface area contributed by atoms with Gasteiger partial charge in [-0.2, -0.15) is 0 Å². The lowest BCUT2D eigenvalue weighted by Gasteiger charge is -2.29. The molecule has 3 aromatic rings. The minimum Gasteiger partial charge on any atom is -0.457 e. The van der Waals surface area contributed by atoms with Crippen molar-refractivity contribution in [3.8, 4) is 22.3 Å². The number of hydrogen-bond donors (Lipinski definition) is 1. The minimum absolute atomic E-state index is 0.0806. The number of aliphatic hydroxyl groups is 1. The Morgan fingerprint density at radius 2 is 1.62 bits per heavy atom. The van der Waals surface area contributed by atoms with Gasteiger partial charge in [-0.05, 0) is 102 Å². The first-order chi connectivity index (χ1) is 19.4. The van der Waals surface area contributed by atoms with E-state index in [1.54, 1.807) is 6.92 Å². The van der Waals surface area contributed by atoms with Crippen LogP contribution in [0.25, 0.3) is 22.3 Å². The number of hydrogen-bond acceptors (Lipinski definition) is 3. The SMILES string of the molecule is C=C(C)C(=O)OCc1cc(CCO)ccc1-c1ccc(-c2ccc(C3CCC(CCCCC)CC3)cc2)c(C)c1. The molecule has 3 aromatic carbocycles. The molecule has 0 radical (unpaired) electrons. The van der Waals surface area contributed by atoms with Crippen molar-refractivity contribution >= 4 is 5.97 Å². The maximum absolute atomic E-state index is 12.1. The van der Waals surface area contributed by atoms with Crippen LogP contribution in [0, 0.1) is 12.8 Å². The normalized spacial score (nSPS) is 17.0. The number of esters is 1. The van der Waals surface area contributed by atoms with E-state index in [1.807, 2.05) is 12.1 Å². The third-order valence-corrected chi connectivity index (χ3v) is 8.57. The molecular formula is C37H46O3. The Bertz CT molecular complexity index is 1280. The number of aryl methyl sites for hydroxylation is 1. The molecule has 1 saturated carbocycles. The van der Waals surface area contributed by atoms with Gasteiger partial charge < -0.3 is 9.84 Å². The van der Waals surface area contributed by atoms with Crippen LogP contribution in [0.3, 0.4) is 0 Å². The molecule has 0 heterocycles. The number of aliphatic hydroxyl groups excluding tert-OH is 1. The number of carbonyl (C=O) groups excluding carboxylic acids is 1. The Hall–Kier alpha value is -3.17. The van der Waals surface area contributed by atoms with Crippen LogP contribution in [0.2, 0.25) is 0 Å². The number of benzene rings is 3. The summed E-state index contributed by atoms with van der Waals surface area (Å²) >= 11 is 0. The molecule has 1 N–H and O–H groups in total. The predicted molar refractivity (Wildman–Crippen MR) is 166 cm³/mol. The minimum atomic E-state index is -0.395. The van der Waals surface area contributed by atoms with Crippen molar-refractivity contribution in [2.75, 3.05) is 6.61 Å². The first-order valence-corrected chi connectivity index (χ1v) is 15.2. The van der Waals surface area contributed by atoms with Crippen molar-refractivity contribution in [3.63, 3.8) is 0 Å². The molecule has 0 aromatic heterocycles. The molecule has 0 atom stereocenters. The zero-order chi connectivity index (χ0) is 28.5. The van der Waals surface area contributed by atoms with Gasteiger partial charge in [0.2, 0.25) is 0 Å². The lowest BCUT2D eigenvalue weighted by Crippen LogP contribution is -2.13. The Kier molecular flexibility index (Phi) is 10.8. The Morgan fingerprint density at radius 1 is 0.925 bits per heavy atom. The van der Waals surface area contributed by atoms with E-state index in [0.29, 0.717) is 17.9 Å². The third-order valence-electron chi connectivity index (χ3n) is 8.57. The van der Waals surface area contributed by atoms with E-state index >= 15 is 0 Å². The van der Waals surface area contributed by atoms with Crippen molar-refractivity contribution < 1.29 is 14.6 Å². The average molecular weight is 539 g/mol. The quantitative estimate of drug-likeness (QED) is 0.142. The molecule has 1 aliphatic rings. The molecule has 0 aliphatic heterocycles. The summed E-state index contributed by atoms with van der Waals surface area (Å²) in [6.45, 7) is 10.0. The van der Waals surface area contributed by atoms with Gasteiger partial charge in [0.05, 0.1) is 0 Å². The Morgan fingerprint density at radius 3 is 2.27 bits per heavy atom. The molecule has 0 amide bonds. The summed E-state index contributed by atoms with van der Waals surface area (Å²) in [5.74, 6) is 1.24. The van der Waals surface area contributed by atoms with Crippen LogP contribution in [-0.4, -0.2) is 17.7 Å². The summed E-state index contributed by atoms with van der Waals surface area (Å²) in [6.07, 6.45) is 11.5. The number of ether oxygens (including phenoxy) is 1. The van der Waals surface area contributed by atoms with Crippen LogP contribution in [-0.2, 0) is 22.6 Å². The van der Waals surface area contributed by atoms with Crippen LogP contribution in [0.15, 0.2) is 72.8 Å². The maximum Gasteiger partial charge on any atom is 0.333 e. The lowest BCUT2D eigenvalue weighted by atomic mass is 9.77. The van der Waals surface area contributed by atoms with Crippen molar-refractivity contribution in [1.29, 1.82) is 0 Å². The van der Waals surface area contributed by atoms with Crippen LogP contribution in [0.5, 0.6) is 0 Å². The zero-order valence-electron chi connectivity index (χ0n) is 24.7. The first-order valence-electron chi connectivity index (χ1n) is 15.2. The molecule has 0 spiro atoms. The molecule has 1 aliphatic carbocycles. The van der Waals surface area contributed by atoms with Crippen molar-refractivity contribution in [2.45, 2.75) is 91.1 Å². The van der Waals surface area contributed by atoms with Crippen molar-refractivity contribution in [1.82, 2.24) is 0 Å². The molecule has 4 rings (SSSR count). The van der Waals surface area contributed by atoms with Crippen LogP contribution in [0.1, 0.15) is 93.4 Å². The molecule has 212 valence electrons. The molecule has 3 nitrogen and oxygen atoms in total. The summed E-state index contributed by atoms with van der Waals surface area (Å²) in [6, 6.07) is 22.0. The van der Waals surface area contributed by atoms with Crippen LogP contribution < -0.4 is 0 Å². The van der Waals surface area contributed by atoms with Gasteiger partial charge in [-0.3, -0.25) is 0 Å². The molecule has 1 fully saturated rings. The van der Waals surface area contributed by atoms with Crippen LogP contribution >= 0.6 is 0 Å². The van der Waals surface area contributed by atoms with E-state index in [1.165, 1.54) is 73.6 Å². The topological polar surface area (TPSA) is 46.5 Å². The highest BCUT2D eigenvalue weighted by Gasteiger charge is 2.22. The molecule has 0 bridgehead atoms. The summed E-state index contributed by atoms with van der Waals surface area (Å²) in [4.78, 5) is 12.1. The Balaban J connectivity index is 1.48. The fourth-order valence-electron chi connectivity index (χ4n) is 6.16. The highest BCUT2D eigenvalue weighted by Crippen LogP contribution is 2.39. The van der Waals surface area contributed by atoms with Crippen molar-refractivity contribution in [2.24, 2.45) is 5.92 Å². The largest absolute Gasteiger partial charge is 0.457 e. The van der Waals surface area contributed by atoms with Gasteiger partial charge in [-0.15, -0.1) is 0 Å². The summed E-state index contributed by atoms with van der Waals surface area (Å²) in [5, 5.41) is 9.40. The average Bonchev–Trinajstić information content (AvgIpc) is 2.97. The van der Waals surface area contributed by atoms with E-state index < -0.39 is 5.97 Å². The molecule has 40 heavy (non-hydrogen) atoms. The lowest BCUT2D eigenvalue weighted by molar-refractivity contribution is -0.140. The summed E-state index contributed by atoms with van der Waals surface area (Å²) in [5.41, 5.74) is 9.63. The highest BCUT2D eigenvalue weighted by atomic mass is 16.5. The fraction of sp³-hybridized carbons (Fsp3) is 0.432. The second-order valence-corrected chi connectivity index (χ2v) is 11.7. The second-order valence-electron chi connectivity index (χ2n) is 11.7. The van der Waals surface area contributed by atoms with Gasteiger partial charge >= 0.3 is 5.97 Å². The molecular weight excluding hydrogens is 492 g/mol. The monoisotopic (exact) mass is 538 g/mol. The van der Waals surface area contributed by atoms with Gasteiger partial charge in [-0.25, -0.2) is 4.79 Å². The van der Waals surface area contributed by atoms with Crippen LogP contribution in [0.4, 0.5) is 0 Å². The van der Waals surface area contributed by atoms with E-state index in [2.05, 4.69) is 69.0 Å². The summed E-state index contributed by atoms with van der Waals surface area (Å²) in [7, 11) is 0. The van der Waals surface area contributed by atoms with Gasteiger partial charge in [0.15, 0.2) is 0 Å². The smallest absolute Gasteiger partial charge is 0.333 e. The maximum atomic E-state index is 12.1. The van der Waals surface area contributed by atoms with Crippen molar-refractivity contribution in [3.05, 3.63) is 95.1 Å². The van der Waals surface area contributed by atoms with E-state index in [-0.39, 0.29) is 13.2 Å². The van der Waals surface area contributed by atoms with Gasteiger partial charge in [-0.1, -0.05) is 99.8 Å².